The lowest BCUT2D eigenvalue weighted by molar-refractivity contribution is 0.954. The summed E-state index contributed by atoms with van der Waals surface area (Å²) in [5.74, 6) is 1.91. The Hall–Kier alpha value is -5.91. The van der Waals surface area contributed by atoms with Gasteiger partial charge in [-0.25, -0.2) is 4.98 Å². The van der Waals surface area contributed by atoms with Gasteiger partial charge in [-0.05, 0) is 40.4 Å². The highest BCUT2D eigenvalue weighted by Gasteiger charge is 2.21. The van der Waals surface area contributed by atoms with Crippen LogP contribution in [0.15, 0.2) is 146 Å². The molecule has 0 saturated carbocycles. The van der Waals surface area contributed by atoms with E-state index in [1.54, 1.807) is 0 Å². The van der Waals surface area contributed by atoms with Crippen LogP contribution >= 0.6 is 11.3 Å². The van der Waals surface area contributed by atoms with E-state index >= 15 is 0 Å². The lowest BCUT2D eigenvalue weighted by Gasteiger charge is -2.13. The van der Waals surface area contributed by atoms with Crippen molar-refractivity contribution in [1.29, 1.82) is 0 Å². The fraction of sp³-hybridized carbons (Fsp3) is 0. The van der Waals surface area contributed by atoms with Crippen molar-refractivity contribution in [3.8, 4) is 28.7 Å². The topological polar surface area (TPSA) is 43.6 Å². The Labute approximate surface area is 267 Å². The molecule has 3 aromatic heterocycles. The van der Waals surface area contributed by atoms with E-state index in [0.29, 0.717) is 17.6 Å². The van der Waals surface area contributed by atoms with Gasteiger partial charge in [0.05, 0.1) is 11.0 Å². The summed E-state index contributed by atoms with van der Waals surface area (Å²) in [6.45, 7) is 0. The third-order valence-corrected chi connectivity index (χ3v) is 10.2. The molecular weight excluding hydrogens is 581 g/mol. The number of hydrogen-bond donors (Lipinski definition) is 0. The Bertz CT molecular complexity index is 2760. The molecule has 0 N–H and O–H groups in total. The first-order chi connectivity index (χ1) is 22.8. The van der Waals surface area contributed by atoms with Crippen LogP contribution in [0.3, 0.4) is 0 Å². The molecule has 3 heterocycles. The molecule has 5 heteroatoms. The van der Waals surface area contributed by atoms with Gasteiger partial charge in [-0.3, -0.25) is 4.57 Å². The third-order valence-electron chi connectivity index (χ3n) is 9.03. The number of nitrogens with zero attached hydrogens (tertiary/aromatic N) is 4. The summed E-state index contributed by atoms with van der Waals surface area (Å²) in [6.07, 6.45) is 0. The van der Waals surface area contributed by atoms with Gasteiger partial charge in [0.1, 0.15) is 0 Å². The molecule has 10 rings (SSSR count). The smallest absolute Gasteiger partial charge is 0.238 e. The summed E-state index contributed by atoms with van der Waals surface area (Å²) in [7, 11) is 0. The molecule has 0 aliphatic rings. The standard InChI is InChI=1S/C41H24N4S/c1-2-13-26(14-3-1)39-42-40(44-41(43-39)45-33-19-9-6-16-29(33)30-17-7-10-20-34(30)45)32-24-27-23-22-25-12-4-5-15-28(25)36(27)38-37(32)31-18-8-11-21-35(31)46-38/h1-24H. The van der Waals surface area contributed by atoms with Gasteiger partial charge in [0.15, 0.2) is 11.6 Å². The van der Waals surface area contributed by atoms with Crippen LogP contribution in [0.25, 0.3) is 92.2 Å². The highest BCUT2D eigenvalue weighted by molar-refractivity contribution is 7.27. The van der Waals surface area contributed by atoms with Gasteiger partial charge in [0.25, 0.3) is 0 Å². The monoisotopic (exact) mass is 604 g/mol. The second-order valence-electron chi connectivity index (χ2n) is 11.6. The zero-order valence-electron chi connectivity index (χ0n) is 24.6. The van der Waals surface area contributed by atoms with Gasteiger partial charge < -0.3 is 0 Å². The second kappa shape index (κ2) is 9.80. The minimum atomic E-state index is 0.604. The fourth-order valence-electron chi connectivity index (χ4n) is 6.99. The summed E-state index contributed by atoms with van der Waals surface area (Å²) in [5, 5.41) is 9.69. The molecule has 7 aromatic carbocycles. The zero-order valence-corrected chi connectivity index (χ0v) is 25.4. The van der Waals surface area contributed by atoms with E-state index in [9.17, 15) is 0 Å². The Kier molecular flexibility index (Phi) is 5.41. The minimum absolute atomic E-state index is 0.604. The van der Waals surface area contributed by atoms with E-state index in [-0.39, 0.29) is 0 Å². The minimum Gasteiger partial charge on any atom is -0.278 e. The maximum Gasteiger partial charge on any atom is 0.238 e. The molecule has 0 amide bonds. The summed E-state index contributed by atoms with van der Waals surface area (Å²) >= 11 is 1.84. The number of para-hydroxylation sites is 2. The molecule has 46 heavy (non-hydrogen) atoms. The first kappa shape index (κ1) is 25.4. The third kappa shape index (κ3) is 3.69. The normalized spacial score (nSPS) is 11.9. The highest BCUT2D eigenvalue weighted by Crippen LogP contribution is 2.45. The quantitative estimate of drug-likeness (QED) is 0.188. The van der Waals surface area contributed by atoms with E-state index in [1.165, 1.54) is 52.5 Å². The largest absolute Gasteiger partial charge is 0.278 e. The average Bonchev–Trinajstić information content (AvgIpc) is 3.68. The molecule has 0 fully saturated rings. The predicted molar refractivity (Wildman–Crippen MR) is 193 cm³/mol. The molecule has 214 valence electrons. The average molecular weight is 605 g/mol. The van der Waals surface area contributed by atoms with E-state index in [0.717, 1.165) is 22.2 Å². The van der Waals surface area contributed by atoms with E-state index in [4.69, 9.17) is 15.0 Å². The molecule has 0 aliphatic heterocycles. The van der Waals surface area contributed by atoms with Gasteiger partial charge in [-0.15, -0.1) is 11.3 Å². The van der Waals surface area contributed by atoms with Crippen molar-refractivity contribution in [3.63, 3.8) is 0 Å². The number of thiophene rings is 1. The molecule has 0 bridgehead atoms. The molecule has 10 aromatic rings. The van der Waals surface area contributed by atoms with Crippen LogP contribution in [0.1, 0.15) is 0 Å². The Morgan fingerprint density at radius 2 is 1.07 bits per heavy atom. The first-order valence-electron chi connectivity index (χ1n) is 15.4. The maximum absolute atomic E-state index is 5.32. The summed E-state index contributed by atoms with van der Waals surface area (Å²) in [5.41, 5.74) is 4.09. The van der Waals surface area contributed by atoms with Crippen molar-refractivity contribution in [1.82, 2.24) is 19.5 Å². The highest BCUT2D eigenvalue weighted by atomic mass is 32.1. The number of benzene rings is 7. The molecule has 0 atom stereocenters. The van der Waals surface area contributed by atoms with Gasteiger partial charge in [-0.1, -0.05) is 121 Å². The van der Waals surface area contributed by atoms with Crippen LogP contribution < -0.4 is 0 Å². The van der Waals surface area contributed by atoms with Crippen LogP contribution in [-0.2, 0) is 0 Å². The predicted octanol–water partition coefficient (Wildman–Crippen LogP) is 11.0. The first-order valence-corrected chi connectivity index (χ1v) is 16.2. The number of rotatable bonds is 3. The van der Waals surface area contributed by atoms with Crippen molar-refractivity contribution in [2.45, 2.75) is 0 Å². The van der Waals surface area contributed by atoms with Crippen molar-refractivity contribution in [2.24, 2.45) is 0 Å². The van der Waals surface area contributed by atoms with Gasteiger partial charge >= 0.3 is 0 Å². The number of aromatic nitrogens is 4. The number of hydrogen-bond acceptors (Lipinski definition) is 4. The lowest BCUT2D eigenvalue weighted by Crippen LogP contribution is -2.06. The Balaban J connectivity index is 1.36. The zero-order chi connectivity index (χ0) is 30.2. The molecule has 0 spiro atoms. The maximum atomic E-state index is 5.32. The van der Waals surface area contributed by atoms with Crippen molar-refractivity contribution >= 4 is 74.9 Å². The van der Waals surface area contributed by atoms with Crippen molar-refractivity contribution in [3.05, 3.63) is 146 Å². The van der Waals surface area contributed by atoms with Crippen LogP contribution in [-0.4, -0.2) is 19.5 Å². The van der Waals surface area contributed by atoms with Crippen LogP contribution in [0, 0.1) is 0 Å². The lowest BCUT2D eigenvalue weighted by atomic mass is 9.96. The van der Waals surface area contributed by atoms with Gasteiger partial charge in [-0.2, -0.15) is 9.97 Å². The van der Waals surface area contributed by atoms with Crippen LogP contribution in [0.2, 0.25) is 0 Å². The second-order valence-corrected chi connectivity index (χ2v) is 12.7. The van der Waals surface area contributed by atoms with Gasteiger partial charge in [0, 0.05) is 47.5 Å². The molecule has 0 radical (unpaired) electrons. The van der Waals surface area contributed by atoms with Crippen LogP contribution in [0.5, 0.6) is 0 Å². The van der Waals surface area contributed by atoms with E-state index in [2.05, 4.69) is 132 Å². The van der Waals surface area contributed by atoms with E-state index in [1.807, 2.05) is 29.5 Å². The molecular formula is C41H24N4S. The van der Waals surface area contributed by atoms with Crippen molar-refractivity contribution in [2.75, 3.05) is 0 Å². The fourth-order valence-corrected chi connectivity index (χ4v) is 8.29. The van der Waals surface area contributed by atoms with Gasteiger partial charge in [0.2, 0.25) is 5.95 Å². The molecule has 0 aliphatic carbocycles. The van der Waals surface area contributed by atoms with Crippen LogP contribution in [0.4, 0.5) is 0 Å². The SMILES string of the molecule is c1ccc(-c2nc(-c3cc4ccc5ccccc5c4c4sc5ccccc5c34)nc(-n3c4ccccc4c4ccccc43)n2)cc1. The molecule has 0 saturated heterocycles. The molecule has 4 nitrogen and oxygen atoms in total. The van der Waals surface area contributed by atoms with Crippen molar-refractivity contribution < 1.29 is 0 Å². The summed E-state index contributed by atoms with van der Waals surface area (Å²) in [6, 6.07) is 51.3. The summed E-state index contributed by atoms with van der Waals surface area (Å²) < 4.78 is 4.68. The number of fused-ring (bicyclic) bond motifs is 10. The van der Waals surface area contributed by atoms with E-state index < -0.39 is 0 Å². The summed E-state index contributed by atoms with van der Waals surface area (Å²) in [4.78, 5) is 15.7. The molecule has 0 unspecified atom stereocenters. The Morgan fingerprint density at radius 3 is 1.85 bits per heavy atom. The Morgan fingerprint density at radius 1 is 0.457 bits per heavy atom.